The van der Waals surface area contributed by atoms with Crippen molar-refractivity contribution in [3.05, 3.63) is 34.7 Å². The maximum absolute atomic E-state index is 5.81. The van der Waals surface area contributed by atoms with Gasteiger partial charge in [-0.05, 0) is 44.9 Å². The van der Waals surface area contributed by atoms with Crippen LogP contribution in [-0.4, -0.2) is 18.0 Å². The Labute approximate surface area is 86.8 Å². The van der Waals surface area contributed by atoms with E-state index in [1.165, 1.54) is 16.8 Å². The number of nitrogens with zero attached hydrogens (tertiary/aromatic N) is 1. The second-order valence-electron chi connectivity index (χ2n) is 3.61. The Bertz CT molecular complexity index is 300. The van der Waals surface area contributed by atoms with Crippen LogP contribution in [0.5, 0.6) is 0 Å². The summed E-state index contributed by atoms with van der Waals surface area (Å²) < 4.78 is 0. The van der Waals surface area contributed by atoms with E-state index in [2.05, 4.69) is 37.8 Å². The van der Waals surface area contributed by atoms with Crippen molar-refractivity contribution in [3.63, 3.8) is 0 Å². The largest absolute Gasteiger partial charge is 0.402 e. The molecule has 0 radical (unpaired) electrons. The molecule has 0 aromatic carbocycles. The molecule has 0 amide bonds. The average molecular weight is 192 g/mol. The van der Waals surface area contributed by atoms with E-state index in [-0.39, 0.29) is 0 Å². The highest BCUT2D eigenvalue weighted by Crippen LogP contribution is 2.27. The quantitative estimate of drug-likeness (QED) is 0.744. The van der Waals surface area contributed by atoms with Gasteiger partial charge in [-0.3, -0.25) is 0 Å². The Hall–Kier alpha value is -1.18. The van der Waals surface area contributed by atoms with E-state index < -0.39 is 0 Å². The lowest BCUT2D eigenvalue weighted by molar-refractivity contribution is 0.393. The standard InChI is InChI=1S/C12H20N2/c1-5-14(6-2)12-8-7-11(9(12)3)10(4)13/h7-8H,5-6,13H2,1-4H3/b11-10+. The fraction of sp³-hybridized carbons (Fsp3) is 0.500. The van der Waals surface area contributed by atoms with E-state index in [4.69, 9.17) is 5.73 Å². The zero-order valence-electron chi connectivity index (χ0n) is 9.59. The fourth-order valence-electron chi connectivity index (χ4n) is 1.88. The van der Waals surface area contributed by atoms with Gasteiger partial charge in [0.25, 0.3) is 0 Å². The zero-order valence-corrected chi connectivity index (χ0v) is 9.59. The lowest BCUT2D eigenvalue weighted by Gasteiger charge is -2.22. The van der Waals surface area contributed by atoms with E-state index in [9.17, 15) is 0 Å². The van der Waals surface area contributed by atoms with Gasteiger partial charge in [0, 0.05) is 24.5 Å². The molecule has 0 aromatic heterocycles. The minimum absolute atomic E-state index is 0.904. The van der Waals surface area contributed by atoms with Gasteiger partial charge >= 0.3 is 0 Å². The number of allylic oxidation sites excluding steroid dienone is 5. The molecule has 1 aliphatic rings. The molecule has 1 aliphatic carbocycles. The third kappa shape index (κ3) is 1.84. The van der Waals surface area contributed by atoms with Gasteiger partial charge in [-0.15, -0.1) is 0 Å². The van der Waals surface area contributed by atoms with Crippen molar-refractivity contribution in [2.24, 2.45) is 5.73 Å². The minimum Gasteiger partial charge on any atom is -0.402 e. The molecule has 0 aliphatic heterocycles. The van der Waals surface area contributed by atoms with Crippen LogP contribution < -0.4 is 5.73 Å². The van der Waals surface area contributed by atoms with Crippen LogP contribution in [0.4, 0.5) is 0 Å². The van der Waals surface area contributed by atoms with Crippen molar-refractivity contribution in [1.29, 1.82) is 0 Å². The first-order valence-electron chi connectivity index (χ1n) is 5.22. The van der Waals surface area contributed by atoms with Crippen LogP contribution >= 0.6 is 0 Å². The molecule has 0 atom stereocenters. The maximum Gasteiger partial charge on any atom is 0.0402 e. The van der Waals surface area contributed by atoms with Gasteiger partial charge in [0.05, 0.1) is 0 Å². The van der Waals surface area contributed by atoms with Crippen molar-refractivity contribution < 1.29 is 0 Å². The van der Waals surface area contributed by atoms with Crippen molar-refractivity contribution in [3.8, 4) is 0 Å². The minimum atomic E-state index is 0.904. The van der Waals surface area contributed by atoms with Gasteiger partial charge in [0.2, 0.25) is 0 Å². The number of hydrogen-bond acceptors (Lipinski definition) is 2. The molecule has 0 bridgehead atoms. The van der Waals surface area contributed by atoms with Crippen LogP contribution in [-0.2, 0) is 0 Å². The number of nitrogens with two attached hydrogens (primary N) is 1. The summed E-state index contributed by atoms with van der Waals surface area (Å²) in [7, 11) is 0. The molecule has 2 nitrogen and oxygen atoms in total. The molecule has 2 heteroatoms. The lowest BCUT2D eigenvalue weighted by Crippen LogP contribution is -2.21. The first-order valence-corrected chi connectivity index (χ1v) is 5.22. The highest BCUT2D eigenvalue weighted by atomic mass is 15.1. The molecule has 14 heavy (non-hydrogen) atoms. The van der Waals surface area contributed by atoms with E-state index in [1.807, 2.05) is 6.92 Å². The van der Waals surface area contributed by atoms with Crippen molar-refractivity contribution in [1.82, 2.24) is 4.90 Å². The topological polar surface area (TPSA) is 29.3 Å². The Balaban J connectivity index is 3.03. The third-order valence-electron chi connectivity index (χ3n) is 2.73. The van der Waals surface area contributed by atoms with Gasteiger partial charge in [0.1, 0.15) is 0 Å². The molecular formula is C12H20N2. The summed E-state index contributed by atoms with van der Waals surface area (Å²) >= 11 is 0. The van der Waals surface area contributed by atoms with Crippen molar-refractivity contribution in [2.75, 3.05) is 13.1 Å². The lowest BCUT2D eigenvalue weighted by atomic mass is 10.1. The van der Waals surface area contributed by atoms with Gasteiger partial charge in [-0.1, -0.05) is 6.08 Å². The van der Waals surface area contributed by atoms with Crippen LogP contribution in [0, 0.1) is 0 Å². The Morgan fingerprint density at radius 3 is 2.21 bits per heavy atom. The van der Waals surface area contributed by atoms with E-state index >= 15 is 0 Å². The number of likely N-dealkylation sites (N-methyl/N-ethyl adjacent to an activating group) is 1. The average Bonchev–Trinajstić information content (AvgIpc) is 2.51. The summed E-state index contributed by atoms with van der Waals surface area (Å²) in [6.45, 7) is 10.5. The maximum atomic E-state index is 5.81. The van der Waals surface area contributed by atoms with Crippen LogP contribution in [0.25, 0.3) is 0 Å². The number of hydrogen-bond donors (Lipinski definition) is 1. The molecule has 0 heterocycles. The molecule has 0 spiro atoms. The van der Waals surface area contributed by atoms with E-state index in [1.54, 1.807) is 0 Å². The monoisotopic (exact) mass is 192 g/mol. The van der Waals surface area contributed by atoms with Gasteiger partial charge < -0.3 is 10.6 Å². The molecular weight excluding hydrogens is 172 g/mol. The van der Waals surface area contributed by atoms with Crippen molar-refractivity contribution in [2.45, 2.75) is 27.7 Å². The predicted octanol–water partition coefficient (Wildman–Crippen LogP) is 2.40. The van der Waals surface area contributed by atoms with Gasteiger partial charge in [-0.2, -0.15) is 0 Å². The Kier molecular flexibility index (Phi) is 3.39. The normalized spacial score (nSPS) is 19.1. The Morgan fingerprint density at radius 2 is 1.86 bits per heavy atom. The SMILES string of the molecule is CCN(CC)C1=C(C)/C(=C(\C)N)C=C1. The molecule has 1 rings (SSSR count). The first kappa shape index (κ1) is 10.9. The van der Waals surface area contributed by atoms with Crippen LogP contribution in [0.1, 0.15) is 27.7 Å². The van der Waals surface area contributed by atoms with E-state index in [0.29, 0.717) is 0 Å². The molecule has 78 valence electrons. The predicted molar refractivity (Wildman–Crippen MR) is 61.6 cm³/mol. The van der Waals surface area contributed by atoms with Crippen LogP contribution in [0.3, 0.4) is 0 Å². The molecule has 0 fully saturated rings. The highest BCUT2D eigenvalue weighted by Gasteiger charge is 2.15. The highest BCUT2D eigenvalue weighted by molar-refractivity contribution is 5.53. The van der Waals surface area contributed by atoms with E-state index in [0.717, 1.165) is 18.8 Å². The third-order valence-corrected chi connectivity index (χ3v) is 2.73. The summed E-state index contributed by atoms with van der Waals surface area (Å²) in [4.78, 5) is 2.35. The number of rotatable bonds is 3. The molecule has 0 unspecified atom stereocenters. The second-order valence-corrected chi connectivity index (χ2v) is 3.61. The summed E-state index contributed by atoms with van der Waals surface area (Å²) in [5, 5.41) is 0. The van der Waals surface area contributed by atoms with Crippen LogP contribution in [0.15, 0.2) is 34.7 Å². The van der Waals surface area contributed by atoms with Gasteiger partial charge in [0.15, 0.2) is 0 Å². The summed E-state index contributed by atoms with van der Waals surface area (Å²) in [5.41, 5.74) is 10.5. The molecule has 0 saturated heterocycles. The molecule has 2 N–H and O–H groups in total. The fourth-order valence-corrected chi connectivity index (χ4v) is 1.88. The van der Waals surface area contributed by atoms with Crippen LogP contribution in [0.2, 0.25) is 0 Å². The second kappa shape index (κ2) is 4.36. The Morgan fingerprint density at radius 1 is 1.29 bits per heavy atom. The zero-order chi connectivity index (χ0) is 10.7. The summed E-state index contributed by atoms with van der Waals surface area (Å²) in [5.74, 6) is 0. The molecule has 0 aromatic rings. The summed E-state index contributed by atoms with van der Waals surface area (Å²) in [6.07, 6.45) is 4.27. The van der Waals surface area contributed by atoms with Gasteiger partial charge in [-0.25, -0.2) is 0 Å². The molecule has 0 saturated carbocycles. The summed E-state index contributed by atoms with van der Waals surface area (Å²) in [6, 6.07) is 0. The first-order chi connectivity index (χ1) is 6.61. The van der Waals surface area contributed by atoms with Crippen molar-refractivity contribution >= 4 is 0 Å². The smallest absolute Gasteiger partial charge is 0.0402 e.